The summed E-state index contributed by atoms with van der Waals surface area (Å²) in [6, 6.07) is 0. The smallest absolute Gasteiger partial charge is 0.147 e. The Hall–Kier alpha value is -0.940. The number of hydrogen-bond donors (Lipinski definition) is 0. The van der Waals surface area contributed by atoms with Crippen LogP contribution in [0.25, 0.3) is 0 Å². The van der Waals surface area contributed by atoms with E-state index in [1.807, 2.05) is 18.5 Å². The van der Waals surface area contributed by atoms with E-state index in [2.05, 4.69) is 15.0 Å². The molecule has 5 heteroatoms. The maximum Gasteiger partial charge on any atom is 0.147 e. The highest BCUT2D eigenvalue weighted by molar-refractivity contribution is 4.88. The molecule has 2 fully saturated rings. The van der Waals surface area contributed by atoms with Gasteiger partial charge in [-0.15, -0.1) is 0 Å². The highest BCUT2D eigenvalue weighted by Gasteiger charge is 2.25. The molecule has 1 aromatic rings. The van der Waals surface area contributed by atoms with Crippen molar-refractivity contribution in [2.45, 2.75) is 52.2 Å². The standard InChI is InChI=1S/C15H26N4O/c1-12-16-13(2)19(17-12)11-15-10-18(7-8-20-15)9-14-5-3-4-6-14/h14-15H,3-11H2,1-2H3. The zero-order valence-electron chi connectivity index (χ0n) is 12.7. The predicted octanol–water partition coefficient (Wildman–Crippen LogP) is 1.79. The first-order valence-corrected chi connectivity index (χ1v) is 7.92. The van der Waals surface area contributed by atoms with Crippen LogP contribution in [-0.4, -0.2) is 52.0 Å². The van der Waals surface area contributed by atoms with E-state index in [1.165, 1.54) is 32.2 Å². The molecule has 0 aromatic carbocycles. The first-order valence-electron chi connectivity index (χ1n) is 7.92. The monoisotopic (exact) mass is 278 g/mol. The lowest BCUT2D eigenvalue weighted by atomic mass is 10.1. The molecule has 3 rings (SSSR count). The van der Waals surface area contributed by atoms with Gasteiger partial charge >= 0.3 is 0 Å². The van der Waals surface area contributed by atoms with Gasteiger partial charge in [0.2, 0.25) is 0 Å². The summed E-state index contributed by atoms with van der Waals surface area (Å²) in [6.45, 7) is 9.02. The molecule has 0 N–H and O–H groups in total. The molecule has 1 aliphatic heterocycles. The first-order chi connectivity index (χ1) is 9.70. The molecule has 2 heterocycles. The van der Waals surface area contributed by atoms with Gasteiger partial charge in [-0.3, -0.25) is 4.90 Å². The number of nitrogens with zero attached hydrogens (tertiary/aromatic N) is 4. The van der Waals surface area contributed by atoms with E-state index in [0.29, 0.717) is 0 Å². The van der Waals surface area contributed by atoms with E-state index in [9.17, 15) is 0 Å². The van der Waals surface area contributed by atoms with Crippen LogP contribution < -0.4 is 0 Å². The molecule has 1 unspecified atom stereocenters. The van der Waals surface area contributed by atoms with Crippen molar-refractivity contribution in [3.8, 4) is 0 Å². The van der Waals surface area contributed by atoms with Gasteiger partial charge in [-0.2, -0.15) is 5.10 Å². The third-order valence-electron chi connectivity index (χ3n) is 4.55. The maximum atomic E-state index is 5.91. The second-order valence-electron chi connectivity index (χ2n) is 6.29. The summed E-state index contributed by atoms with van der Waals surface area (Å²) in [5.74, 6) is 2.75. The molecule has 1 aromatic heterocycles. The fraction of sp³-hybridized carbons (Fsp3) is 0.867. The normalized spacial score (nSPS) is 25.4. The Morgan fingerprint density at radius 2 is 2.00 bits per heavy atom. The van der Waals surface area contributed by atoms with Crippen molar-refractivity contribution in [2.75, 3.05) is 26.2 Å². The van der Waals surface area contributed by atoms with Crippen molar-refractivity contribution < 1.29 is 4.74 Å². The van der Waals surface area contributed by atoms with Crippen LogP contribution in [0.1, 0.15) is 37.3 Å². The molecule has 2 aliphatic rings. The number of aryl methyl sites for hydroxylation is 2. The van der Waals surface area contributed by atoms with Crippen LogP contribution in [0.15, 0.2) is 0 Å². The van der Waals surface area contributed by atoms with E-state index in [4.69, 9.17) is 4.74 Å². The Bertz CT molecular complexity index is 439. The summed E-state index contributed by atoms with van der Waals surface area (Å²) < 4.78 is 7.90. The lowest BCUT2D eigenvalue weighted by Crippen LogP contribution is -2.45. The van der Waals surface area contributed by atoms with E-state index in [0.717, 1.165) is 43.8 Å². The zero-order chi connectivity index (χ0) is 13.9. The fourth-order valence-electron chi connectivity index (χ4n) is 3.54. The highest BCUT2D eigenvalue weighted by Crippen LogP contribution is 2.26. The second-order valence-corrected chi connectivity index (χ2v) is 6.29. The van der Waals surface area contributed by atoms with Crippen molar-refractivity contribution in [2.24, 2.45) is 5.92 Å². The maximum absolute atomic E-state index is 5.91. The van der Waals surface area contributed by atoms with Gasteiger partial charge in [0, 0.05) is 19.6 Å². The fourth-order valence-corrected chi connectivity index (χ4v) is 3.54. The molecule has 0 bridgehead atoms. The van der Waals surface area contributed by atoms with Crippen LogP contribution in [0.2, 0.25) is 0 Å². The van der Waals surface area contributed by atoms with Crippen LogP contribution >= 0.6 is 0 Å². The zero-order valence-corrected chi connectivity index (χ0v) is 12.7. The van der Waals surface area contributed by atoms with E-state index >= 15 is 0 Å². The molecule has 20 heavy (non-hydrogen) atoms. The number of morpholine rings is 1. The SMILES string of the molecule is Cc1nc(C)n(CC2CN(CC3CCCC3)CCO2)n1. The van der Waals surface area contributed by atoms with E-state index in [1.54, 1.807) is 0 Å². The van der Waals surface area contributed by atoms with Crippen molar-refractivity contribution in [3.05, 3.63) is 11.6 Å². The molecule has 0 amide bonds. The topological polar surface area (TPSA) is 43.2 Å². The third kappa shape index (κ3) is 3.38. The van der Waals surface area contributed by atoms with Gasteiger partial charge in [-0.1, -0.05) is 12.8 Å². The van der Waals surface area contributed by atoms with Crippen molar-refractivity contribution >= 4 is 0 Å². The quantitative estimate of drug-likeness (QED) is 0.842. The summed E-state index contributed by atoms with van der Waals surface area (Å²) in [5, 5.41) is 4.44. The average molecular weight is 278 g/mol. The lowest BCUT2D eigenvalue weighted by Gasteiger charge is -2.34. The van der Waals surface area contributed by atoms with Crippen LogP contribution in [0.3, 0.4) is 0 Å². The predicted molar refractivity (Wildman–Crippen MR) is 77.6 cm³/mol. The minimum absolute atomic E-state index is 0.255. The van der Waals surface area contributed by atoms with Gasteiger partial charge < -0.3 is 4.74 Å². The summed E-state index contributed by atoms with van der Waals surface area (Å²) in [7, 11) is 0. The Labute approximate surface area is 121 Å². The van der Waals surface area contributed by atoms with Crippen molar-refractivity contribution in [1.29, 1.82) is 0 Å². The largest absolute Gasteiger partial charge is 0.374 e. The Kier molecular flexibility index (Phi) is 4.36. The van der Waals surface area contributed by atoms with Crippen LogP contribution in [-0.2, 0) is 11.3 Å². The number of hydrogen-bond acceptors (Lipinski definition) is 4. The van der Waals surface area contributed by atoms with Crippen molar-refractivity contribution in [3.63, 3.8) is 0 Å². The summed E-state index contributed by atoms with van der Waals surface area (Å²) in [4.78, 5) is 6.95. The van der Waals surface area contributed by atoms with Gasteiger partial charge in [0.15, 0.2) is 0 Å². The summed E-state index contributed by atoms with van der Waals surface area (Å²) >= 11 is 0. The number of ether oxygens (including phenoxy) is 1. The Morgan fingerprint density at radius 1 is 1.20 bits per heavy atom. The minimum atomic E-state index is 0.255. The van der Waals surface area contributed by atoms with Crippen molar-refractivity contribution in [1.82, 2.24) is 19.7 Å². The average Bonchev–Trinajstić information content (AvgIpc) is 3.01. The molecule has 1 saturated heterocycles. The highest BCUT2D eigenvalue weighted by atomic mass is 16.5. The second kappa shape index (κ2) is 6.22. The van der Waals surface area contributed by atoms with Gasteiger partial charge in [-0.25, -0.2) is 9.67 Å². The summed E-state index contributed by atoms with van der Waals surface area (Å²) in [5.41, 5.74) is 0. The van der Waals surface area contributed by atoms with E-state index in [-0.39, 0.29) is 6.10 Å². The first kappa shape index (κ1) is 14.0. The number of rotatable bonds is 4. The third-order valence-corrected chi connectivity index (χ3v) is 4.55. The molecule has 0 spiro atoms. The van der Waals surface area contributed by atoms with Gasteiger partial charge in [0.1, 0.15) is 11.6 Å². The van der Waals surface area contributed by atoms with Crippen LogP contribution in [0, 0.1) is 19.8 Å². The molecule has 5 nitrogen and oxygen atoms in total. The van der Waals surface area contributed by atoms with Crippen LogP contribution in [0.5, 0.6) is 0 Å². The molecule has 112 valence electrons. The summed E-state index contributed by atoms with van der Waals surface area (Å²) in [6.07, 6.45) is 5.95. The minimum Gasteiger partial charge on any atom is -0.374 e. The van der Waals surface area contributed by atoms with Gasteiger partial charge in [-0.05, 0) is 32.6 Å². The molecule has 1 aliphatic carbocycles. The Balaban J connectivity index is 1.53. The molecule has 1 saturated carbocycles. The van der Waals surface area contributed by atoms with Crippen LogP contribution in [0.4, 0.5) is 0 Å². The van der Waals surface area contributed by atoms with Gasteiger partial charge in [0.25, 0.3) is 0 Å². The molecular weight excluding hydrogens is 252 g/mol. The molecular formula is C15H26N4O. The Morgan fingerprint density at radius 3 is 2.70 bits per heavy atom. The molecule has 0 radical (unpaired) electrons. The van der Waals surface area contributed by atoms with E-state index < -0.39 is 0 Å². The lowest BCUT2D eigenvalue weighted by molar-refractivity contribution is -0.0417. The number of aromatic nitrogens is 3. The van der Waals surface area contributed by atoms with Gasteiger partial charge in [0.05, 0.1) is 19.3 Å². The molecule has 1 atom stereocenters.